The van der Waals surface area contributed by atoms with Crippen LogP contribution in [0.1, 0.15) is 5.56 Å². The van der Waals surface area contributed by atoms with Gasteiger partial charge >= 0.3 is 6.18 Å². The van der Waals surface area contributed by atoms with Crippen molar-refractivity contribution in [3.63, 3.8) is 0 Å². The molecule has 0 bridgehead atoms. The van der Waals surface area contributed by atoms with E-state index in [9.17, 15) is 23.3 Å². The highest BCUT2D eigenvalue weighted by Crippen LogP contribution is 2.33. The molecule has 0 radical (unpaired) electrons. The molecule has 0 unspecified atom stereocenters. The molecule has 0 saturated heterocycles. The van der Waals surface area contributed by atoms with Gasteiger partial charge in [0.25, 0.3) is 5.69 Å². The van der Waals surface area contributed by atoms with Gasteiger partial charge in [0.1, 0.15) is 5.52 Å². The molecule has 0 aliphatic rings. The minimum absolute atomic E-state index is 0.146. The topological polar surface area (TPSA) is 56.0 Å². The fourth-order valence-corrected chi connectivity index (χ4v) is 2.29. The smallest absolute Gasteiger partial charge is 0.258 e. The quantitative estimate of drug-likeness (QED) is 0.502. The first-order chi connectivity index (χ1) is 10.9. The zero-order valence-electron chi connectivity index (χ0n) is 11.5. The number of para-hydroxylation sites is 1. The summed E-state index contributed by atoms with van der Waals surface area (Å²) in [6, 6.07) is 12.4. The number of benzene rings is 2. The summed E-state index contributed by atoms with van der Waals surface area (Å²) in [5.74, 6) is 0. The SMILES string of the molecule is O=[N+]([O-])c1cccc2ccc(-c3cccc(C(F)(F)F)c3)nc12. The number of halogens is 3. The number of nitrogens with zero attached hydrogens (tertiary/aromatic N) is 2. The molecule has 1 heterocycles. The van der Waals surface area contributed by atoms with E-state index in [-0.39, 0.29) is 22.5 Å². The molecule has 0 aliphatic carbocycles. The number of rotatable bonds is 2. The summed E-state index contributed by atoms with van der Waals surface area (Å²) >= 11 is 0. The second-order valence-electron chi connectivity index (χ2n) is 4.88. The van der Waals surface area contributed by atoms with E-state index in [4.69, 9.17) is 0 Å². The maximum Gasteiger partial charge on any atom is 0.416 e. The van der Waals surface area contributed by atoms with Gasteiger partial charge in [-0.3, -0.25) is 10.1 Å². The molecule has 0 aliphatic heterocycles. The Kier molecular flexibility index (Phi) is 3.48. The first-order valence-electron chi connectivity index (χ1n) is 6.58. The van der Waals surface area contributed by atoms with E-state index in [0.717, 1.165) is 12.1 Å². The van der Waals surface area contributed by atoms with Crippen molar-refractivity contribution >= 4 is 16.6 Å². The molecule has 0 amide bonds. The second-order valence-corrected chi connectivity index (χ2v) is 4.88. The Morgan fingerprint density at radius 1 is 1.00 bits per heavy atom. The average Bonchev–Trinajstić information content (AvgIpc) is 2.53. The predicted molar refractivity (Wildman–Crippen MR) is 78.8 cm³/mol. The van der Waals surface area contributed by atoms with Crippen LogP contribution in [0.25, 0.3) is 22.2 Å². The van der Waals surface area contributed by atoms with Crippen LogP contribution in [0.2, 0.25) is 0 Å². The predicted octanol–water partition coefficient (Wildman–Crippen LogP) is 4.83. The van der Waals surface area contributed by atoms with Gasteiger partial charge < -0.3 is 0 Å². The van der Waals surface area contributed by atoms with Gasteiger partial charge in [-0.2, -0.15) is 13.2 Å². The molecule has 3 rings (SSSR count). The van der Waals surface area contributed by atoms with Crippen molar-refractivity contribution in [3.8, 4) is 11.3 Å². The number of hydrogen-bond donors (Lipinski definition) is 0. The Morgan fingerprint density at radius 2 is 1.74 bits per heavy atom. The molecule has 2 aromatic carbocycles. The van der Waals surface area contributed by atoms with Crippen LogP contribution >= 0.6 is 0 Å². The van der Waals surface area contributed by atoms with E-state index in [1.807, 2.05) is 0 Å². The third-order valence-corrected chi connectivity index (χ3v) is 3.38. The standard InChI is InChI=1S/C16H9F3N2O2/c17-16(18,19)12-5-1-4-11(9-12)13-8-7-10-3-2-6-14(21(22)23)15(10)20-13/h1-9H. The molecule has 1 aromatic heterocycles. The normalized spacial score (nSPS) is 11.6. The van der Waals surface area contributed by atoms with E-state index < -0.39 is 16.7 Å². The van der Waals surface area contributed by atoms with Gasteiger partial charge in [-0.15, -0.1) is 0 Å². The van der Waals surface area contributed by atoms with Crippen molar-refractivity contribution in [1.29, 1.82) is 0 Å². The number of hydrogen-bond acceptors (Lipinski definition) is 3. The maximum absolute atomic E-state index is 12.8. The molecule has 0 spiro atoms. The first kappa shape index (κ1) is 15.0. The number of non-ortho nitro benzene ring substituents is 1. The molecular formula is C16H9F3N2O2. The summed E-state index contributed by atoms with van der Waals surface area (Å²) in [7, 11) is 0. The Bertz CT molecular complexity index is 907. The summed E-state index contributed by atoms with van der Waals surface area (Å²) in [6.45, 7) is 0. The van der Waals surface area contributed by atoms with Crippen LogP contribution in [0.15, 0.2) is 54.6 Å². The lowest BCUT2D eigenvalue weighted by Crippen LogP contribution is -2.04. The number of fused-ring (bicyclic) bond motifs is 1. The highest BCUT2D eigenvalue weighted by molar-refractivity contribution is 5.89. The Morgan fingerprint density at radius 3 is 2.43 bits per heavy atom. The minimum atomic E-state index is -4.46. The molecule has 7 heteroatoms. The van der Waals surface area contributed by atoms with Crippen LogP contribution in [-0.2, 0) is 6.18 Å². The number of pyridine rings is 1. The molecule has 0 atom stereocenters. The van der Waals surface area contributed by atoms with Gasteiger partial charge in [0.2, 0.25) is 0 Å². The van der Waals surface area contributed by atoms with Crippen molar-refractivity contribution in [2.24, 2.45) is 0 Å². The van der Waals surface area contributed by atoms with Gasteiger partial charge in [-0.05, 0) is 18.2 Å². The molecule has 4 nitrogen and oxygen atoms in total. The van der Waals surface area contributed by atoms with Crippen LogP contribution in [0.3, 0.4) is 0 Å². The van der Waals surface area contributed by atoms with Crippen molar-refractivity contribution in [3.05, 3.63) is 70.3 Å². The van der Waals surface area contributed by atoms with Crippen molar-refractivity contribution in [2.45, 2.75) is 6.18 Å². The Balaban J connectivity index is 2.18. The fraction of sp³-hybridized carbons (Fsp3) is 0.0625. The molecule has 0 N–H and O–H groups in total. The average molecular weight is 318 g/mol. The highest BCUT2D eigenvalue weighted by Gasteiger charge is 2.30. The Labute approximate surface area is 128 Å². The molecule has 0 fully saturated rings. The van der Waals surface area contributed by atoms with Crippen LogP contribution in [0, 0.1) is 10.1 Å². The van der Waals surface area contributed by atoms with E-state index in [0.29, 0.717) is 5.39 Å². The lowest BCUT2D eigenvalue weighted by molar-refractivity contribution is -0.383. The third-order valence-electron chi connectivity index (χ3n) is 3.38. The van der Waals surface area contributed by atoms with E-state index in [1.165, 1.54) is 24.3 Å². The van der Waals surface area contributed by atoms with Crippen LogP contribution in [0.4, 0.5) is 18.9 Å². The molecule has 116 valence electrons. The molecular weight excluding hydrogens is 309 g/mol. The summed E-state index contributed by atoms with van der Waals surface area (Å²) in [6.07, 6.45) is -4.46. The van der Waals surface area contributed by atoms with Crippen molar-refractivity contribution < 1.29 is 18.1 Å². The van der Waals surface area contributed by atoms with Gasteiger partial charge in [-0.25, -0.2) is 4.98 Å². The largest absolute Gasteiger partial charge is 0.416 e. The monoisotopic (exact) mass is 318 g/mol. The number of aromatic nitrogens is 1. The Hall–Kier alpha value is -2.96. The summed E-state index contributed by atoms with van der Waals surface area (Å²) in [5.41, 5.74) is -0.332. The summed E-state index contributed by atoms with van der Waals surface area (Å²) < 4.78 is 38.4. The number of alkyl halides is 3. The van der Waals surface area contributed by atoms with Crippen LogP contribution < -0.4 is 0 Å². The summed E-state index contributed by atoms with van der Waals surface area (Å²) in [5, 5.41) is 11.6. The van der Waals surface area contributed by atoms with Gasteiger partial charge in [0.15, 0.2) is 0 Å². The van der Waals surface area contributed by atoms with Gasteiger partial charge in [0, 0.05) is 17.0 Å². The van der Waals surface area contributed by atoms with Crippen LogP contribution in [0.5, 0.6) is 0 Å². The lowest BCUT2D eigenvalue weighted by atomic mass is 10.1. The third kappa shape index (κ3) is 2.85. The maximum atomic E-state index is 12.8. The molecule has 0 saturated carbocycles. The van der Waals surface area contributed by atoms with Crippen molar-refractivity contribution in [1.82, 2.24) is 4.98 Å². The van der Waals surface area contributed by atoms with Gasteiger partial charge in [0.05, 0.1) is 16.2 Å². The van der Waals surface area contributed by atoms with E-state index in [1.54, 1.807) is 18.2 Å². The second kappa shape index (κ2) is 5.35. The minimum Gasteiger partial charge on any atom is -0.258 e. The first-order valence-corrected chi connectivity index (χ1v) is 6.58. The van der Waals surface area contributed by atoms with Gasteiger partial charge in [-0.1, -0.05) is 30.3 Å². The zero-order valence-corrected chi connectivity index (χ0v) is 11.5. The summed E-state index contributed by atoms with van der Waals surface area (Å²) in [4.78, 5) is 14.7. The van der Waals surface area contributed by atoms with Crippen LogP contribution in [-0.4, -0.2) is 9.91 Å². The fourth-order valence-electron chi connectivity index (χ4n) is 2.29. The number of nitro groups is 1. The zero-order chi connectivity index (χ0) is 16.6. The molecule has 23 heavy (non-hydrogen) atoms. The van der Waals surface area contributed by atoms with E-state index >= 15 is 0 Å². The number of nitro benzene ring substituents is 1. The molecule has 3 aromatic rings. The van der Waals surface area contributed by atoms with E-state index in [2.05, 4.69) is 4.98 Å². The van der Waals surface area contributed by atoms with Crippen molar-refractivity contribution in [2.75, 3.05) is 0 Å². The lowest BCUT2D eigenvalue weighted by Gasteiger charge is -2.09. The highest BCUT2D eigenvalue weighted by atomic mass is 19.4.